The van der Waals surface area contributed by atoms with Crippen LogP contribution in [0.3, 0.4) is 0 Å². The molecule has 1 amide bonds. The lowest BCUT2D eigenvalue weighted by Gasteiger charge is -2.30. The summed E-state index contributed by atoms with van der Waals surface area (Å²) in [4.78, 5) is 23.3. The summed E-state index contributed by atoms with van der Waals surface area (Å²) >= 11 is 0. The summed E-state index contributed by atoms with van der Waals surface area (Å²) in [5, 5.41) is 3.40. The van der Waals surface area contributed by atoms with Crippen LogP contribution in [0.5, 0.6) is 0 Å². The average molecular weight is 381 g/mol. The van der Waals surface area contributed by atoms with Crippen molar-refractivity contribution in [3.8, 4) is 11.4 Å². The molecule has 7 nitrogen and oxygen atoms in total. The Hall–Kier alpha value is -2.51. The fourth-order valence-corrected chi connectivity index (χ4v) is 3.91. The zero-order chi connectivity index (χ0) is 19.5. The van der Waals surface area contributed by atoms with Gasteiger partial charge in [-0.25, -0.2) is 9.97 Å². The number of likely N-dealkylation sites (N-methyl/N-ethyl adjacent to an activating group) is 1. The number of hydrogen-bond acceptors (Lipinski definition) is 6. The maximum Gasteiger partial charge on any atom is 0.248 e. The molecule has 0 aliphatic carbocycles. The van der Waals surface area contributed by atoms with Crippen LogP contribution in [0, 0.1) is 0 Å². The molecule has 1 aromatic carbocycles. The Kier molecular flexibility index (Phi) is 5.54. The topological polar surface area (TPSA) is 93.4 Å². The minimum absolute atomic E-state index is 0.254. The van der Waals surface area contributed by atoms with E-state index in [4.69, 9.17) is 20.4 Å². The molecule has 0 bridgehead atoms. The number of hydrogen-bond donors (Lipinski definition) is 2. The molecule has 3 heterocycles. The highest BCUT2D eigenvalue weighted by atomic mass is 16.5. The number of aromatic nitrogens is 2. The lowest BCUT2D eigenvalue weighted by molar-refractivity contribution is 0.0215. The summed E-state index contributed by atoms with van der Waals surface area (Å²) < 4.78 is 5.92. The first kappa shape index (κ1) is 18.8. The van der Waals surface area contributed by atoms with Crippen molar-refractivity contribution in [2.75, 3.05) is 31.6 Å². The average Bonchev–Trinajstić information content (AvgIpc) is 2.73. The highest BCUT2D eigenvalue weighted by Gasteiger charge is 2.23. The number of nitrogens with two attached hydrogens (primary N) is 1. The van der Waals surface area contributed by atoms with Crippen LogP contribution in [-0.2, 0) is 17.7 Å². The fourth-order valence-electron chi connectivity index (χ4n) is 3.91. The highest BCUT2D eigenvalue weighted by molar-refractivity contribution is 5.93. The number of nitrogens with one attached hydrogen (secondary N) is 1. The third kappa shape index (κ3) is 4.00. The maximum atomic E-state index is 11.3. The molecule has 1 fully saturated rings. The summed E-state index contributed by atoms with van der Waals surface area (Å²) in [6, 6.07) is 7.15. The van der Waals surface area contributed by atoms with E-state index in [1.54, 1.807) is 12.1 Å². The molecule has 148 valence electrons. The van der Waals surface area contributed by atoms with E-state index in [0.717, 1.165) is 62.6 Å². The van der Waals surface area contributed by atoms with E-state index < -0.39 is 5.91 Å². The van der Waals surface area contributed by atoms with Gasteiger partial charge in [-0.1, -0.05) is 12.1 Å². The molecule has 2 aliphatic rings. The Morgan fingerprint density at radius 3 is 2.82 bits per heavy atom. The van der Waals surface area contributed by atoms with Gasteiger partial charge < -0.3 is 20.7 Å². The van der Waals surface area contributed by atoms with Crippen molar-refractivity contribution >= 4 is 11.7 Å². The maximum absolute atomic E-state index is 11.3. The molecule has 28 heavy (non-hydrogen) atoms. The van der Waals surface area contributed by atoms with E-state index in [9.17, 15) is 4.79 Å². The summed E-state index contributed by atoms with van der Waals surface area (Å²) in [5.74, 6) is 1.22. The Morgan fingerprint density at radius 2 is 2.11 bits per heavy atom. The number of anilines is 1. The van der Waals surface area contributed by atoms with Gasteiger partial charge in [0.15, 0.2) is 5.82 Å². The molecule has 1 saturated heterocycles. The third-order valence-corrected chi connectivity index (χ3v) is 5.46. The number of carbonyl (C=O) groups excluding carboxylic acids is 1. The number of amides is 1. The minimum Gasteiger partial charge on any atom is -0.376 e. The van der Waals surface area contributed by atoms with Crippen molar-refractivity contribution in [1.82, 2.24) is 15.3 Å². The molecule has 1 atom stereocenters. The van der Waals surface area contributed by atoms with E-state index >= 15 is 0 Å². The predicted octanol–water partition coefficient (Wildman–Crippen LogP) is 1.89. The van der Waals surface area contributed by atoms with Crippen LogP contribution in [0.2, 0.25) is 0 Å². The van der Waals surface area contributed by atoms with E-state index in [-0.39, 0.29) is 6.10 Å². The van der Waals surface area contributed by atoms with Crippen LogP contribution in [0.25, 0.3) is 11.4 Å². The van der Waals surface area contributed by atoms with Gasteiger partial charge in [0.05, 0.1) is 11.8 Å². The first-order chi connectivity index (χ1) is 13.6. The Labute approximate surface area is 165 Å². The van der Waals surface area contributed by atoms with Gasteiger partial charge in [0.2, 0.25) is 5.91 Å². The van der Waals surface area contributed by atoms with Crippen LogP contribution in [0.4, 0.5) is 5.82 Å². The molecular weight excluding hydrogens is 354 g/mol. The smallest absolute Gasteiger partial charge is 0.248 e. The van der Waals surface area contributed by atoms with Crippen LogP contribution >= 0.6 is 0 Å². The monoisotopic (exact) mass is 381 g/mol. The summed E-state index contributed by atoms with van der Waals surface area (Å²) in [5.41, 5.74) is 8.97. The van der Waals surface area contributed by atoms with Gasteiger partial charge in [0, 0.05) is 43.4 Å². The predicted molar refractivity (Wildman–Crippen MR) is 108 cm³/mol. The zero-order valence-corrected chi connectivity index (χ0v) is 16.3. The number of rotatable bonds is 5. The van der Waals surface area contributed by atoms with Crippen LogP contribution < -0.4 is 16.0 Å². The minimum atomic E-state index is -0.435. The van der Waals surface area contributed by atoms with Crippen LogP contribution in [-0.4, -0.2) is 48.7 Å². The lowest BCUT2D eigenvalue weighted by Crippen LogP contribution is -2.36. The number of benzene rings is 1. The molecular formula is C21H27N5O2. The number of nitrogens with zero attached hydrogens (tertiary/aromatic N) is 3. The van der Waals surface area contributed by atoms with Crippen LogP contribution in [0.1, 0.15) is 40.9 Å². The number of primary amides is 1. The Balaban J connectivity index is 1.66. The van der Waals surface area contributed by atoms with Crippen molar-refractivity contribution in [2.24, 2.45) is 5.73 Å². The number of fused-ring (bicyclic) bond motifs is 1. The quantitative estimate of drug-likeness (QED) is 0.822. The molecule has 0 spiro atoms. The molecule has 0 radical (unpaired) electrons. The van der Waals surface area contributed by atoms with Gasteiger partial charge in [-0.2, -0.15) is 0 Å². The van der Waals surface area contributed by atoms with Crippen molar-refractivity contribution < 1.29 is 9.53 Å². The van der Waals surface area contributed by atoms with Crippen molar-refractivity contribution in [3.05, 3.63) is 41.1 Å². The molecule has 4 rings (SSSR count). The number of ether oxygens (including phenoxy) is 1. The molecule has 1 aromatic heterocycles. The second-order valence-corrected chi connectivity index (χ2v) is 7.53. The largest absolute Gasteiger partial charge is 0.376 e. The second-order valence-electron chi connectivity index (χ2n) is 7.53. The SMILES string of the molecule is CN(C[C@@H]1CCCCO1)c1nc(-c2ccc(C(N)=O)cc2)nc2c1CCNC2. The summed E-state index contributed by atoms with van der Waals surface area (Å²) in [6.07, 6.45) is 4.65. The van der Waals surface area contributed by atoms with E-state index in [1.807, 2.05) is 12.1 Å². The second kappa shape index (κ2) is 8.24. The van der Waals surface area contributed by atoms with Gasteiger partial charge in [-0.05, 0) is 44.4 Å². The first-order valence-corrected chi connectivity index (χ1v) is 9.95. The summed E-state index contributed by atoms with van der Waals surface area (Å²) in [7, 11) is 2.09. The lowest BCUT2D eigenvalue weighted by atomic mass is 10.0. The van der Waals surface area contributed by atoms with Gasteiger partial charge in [0.25, 0.3) is 0 Å². The third-order valence-electron chi connectivity index (χ3n) is 5.46. The van der Waals surface area contributed by atoms with E-state index in [1.165, 1.54) is 12.0 Å². The zero-order valence-electron chi connectivity index (χ0n) is 16.3. The van der Waals surface area contributed by atoms with E-state index in [2.05, 4.69) is 17.3 Å². The van der Waals surface area contributed by atoms with Crippen molar-refractivity contribution in [3.63, 3.8) is 0 Å². The van der Waals surface area contributed by atoms with Gasteiger partial charge in [0.1, 0.15) is 5.82 Å². The number of carbonyl (C=O) groups is 1. The Bertz CT molecular complexity index is 847. The Morgan fingerprint density at radius 1 is 1.29 bits per heavy atom. The molecule has 3 N–H and O–H groups in total. The normalized spacial score (nSPS) is 19.1. The molecule has 2 aliphatic heterocycles. The molecule has 0 unspecified atom stereocenters. The van der Waals surface area contributed by atoms with Gasteiger partial charge in [-0.3, -0.25) is 4.79 Å². The standard InChI is InChI=1S/C21H27N5O2/c1-26(13-16-4-2-3-11-28-16)21-17-9-10-23-12-18(17)24-20(25-21)15-7-5-14(6-8-15)19(22)27/h5-8,16,23H,2-4,9-13H2,1H3,(H2,22,27)/t16-/m0/s1. The van der Waals surface area contributed by atoms with Crippen molar-refractivity contribution in [1.29, 1.82) is 0 Å². The van der Waals surface area contributed by atoms with Crippen molar-refractivity contribution in [2.45, 2.75) is 38.3 Å². The molecule has 0 saturated carbocycles. The fraction of sp³-hybridized carbons (Fsp3) is 0.476. The molecule has 7 heteroatoms. The van der Waals surface area contributed by atoms with Crippen LogP contribution in [0.15, 0.2) is 24.3 Å². The van der Waals surface area contributed by atoms with E-state index in [0.29, 0.717) is 11.4 Å². The molecule has 2 aromatic rings. The first-order valence-electron chi connectivity index (χ1n) is 9.95. The summed E-state index contributed by atoms with van der Waals surface area (Å²) in [6.45, 7) is 3.35. The highest BCUT2D eigenvalue weighted by Crippen LogP contribution is 2.28. The van der Waals surface area contributed by atoms with Gasteiger partial charge in [-0.15, -0.1) is 0 Å². The van der Waals surface area contributed by atoms with Gasteiger partial charge >= 0.3 is 0 Å².